The highest BCUT2D eigenvalue weighted by atomic mass is 19.1. The van der Waals surface area contributed by atoms with Gasteiger partial charge in [0.05, 0.1) is 24.8 Å². The van der Waals surface area contributed by atoms with Crippen molar-refractivity contribution in [1.29, 1.82) is 0 Å². The Hall–Kier alpha value is -4.04. The van der Waals surface area contributed by atoms with Gasteiger partial charge < -0.3 is 4.74 Å². The molecule has 0 spiro atoms. The highest BCUT2D eigenvalue weighted by Gasteiger charge is 2.61. The van der Waals surface area contributed by atoms with Gasteiger partial charge in [-0.3, -0.25) is 19.4 Å². The Morgan fingerprint density at radius 3 is 2.32 bits per heavy atom. The van der Waals surface area contributed by atoms with Crippen LogP contribution in [0.1, 0.15) is 27.5 Å². The third kappa shape index (κ3) is 3.34. The predicted molar refractivity (Wildman–Crippen MR) is 122 cm³/mol. The van der Waals surface area contributed by atoms with Gasteiger partial charge in [-0.05, 0) is 37.3 Å². The molecule has 0 bridgehead atoms. The second-order valence-corrected chi connectivity index (χ2v) is 8.32. The van der Waals surface area contributed by atoms with E-state index in [1.165, 1.54) is 18.2 Å². The van der Waals surface area contributed by atoms with Crippen LogP contribution in [0.3, 0.4) is 0 Å². The second kappa shape index (κ2) is 8.39. The van der Waals surface area contributed by atoms with E-state index in [2.05, 4.69) is 5.43 Å². The van der Waals surface area contributed by atoms with Crippen LogP contribution in [0.25, 0.3) is 0 Å². The van der Waals surface area contributed by atoms with Crippen LogP contribution in [-0.4, -0.2) is 35.9 Å². The molecule has 2 aliphatic heterocycles. The number of halogens is 1. The molecule has 0 radical (unpaired) electrons. The number of fused-ring (bicyclic) bond motifs is 1. The van der Waals surface area contributed by atoms with Crippen LogP contribution < -0.4 is 15.1 Å². The number of methoxy groups -OCH3 is 1. The van der Waals surface area contributed by atoms with Gasteiger partial charge in [0.15, 0.2) is 0 Å². The van der Waals surface area contributed by atoms with Crippen molar-refractivity contribution < 1.29 is 23.5 Å². The third-order valence-corrected chi connectivity index (χ3v) is 6.32. The molecular weight excluding hydrogens is 437 g/mol. The fourth-order valence-corrected chi connectivity index (χ4v) is 4.65. The number of amides is 3. The summed E-state index contributed by atoms with van der Waals surface area (Å²) in [5.41, 5.74) is 4.78. The van der Waals surface area contributed by atoms with Gasteiger partial charge in [0, 0.05) is 11.1 Å². The predicted octanol–water partition coefficient (Wildman–Crippen LogP) is 3.40. The van der Waals surface area contributed by atoms with Crippen LogP contribution in [0, 0.1) is 18.7 Å². The van der Waals surface area contributed by atoms with E-state index in [0.717, 1.165) is 10.5 Å². The summed E-state index contributed by atoms with van der Waals surface area (Å²) in [4.78, 5) is 41.8. The Morgan fingerprint density at radius 2 is 1.62 bits per heavy atom. The van der Waals surface area contributed by atoms with Gasteiger partial charge in [-0.25, -0.2) is 14.7 Å². The van der Waals surface area contributed by atoms with E-state index in [-0.39, 0.29) is 11.3 Å². The number of hydrogen-bond donors (Lipinski definition) is 1. The number of nitrogens with zero attached hydrogens (tertiary/aromatic N) is 2. The van der Waals surface area contributed by atoms with E-state index in [9.17, 15) is 18.8 Å². The van der Waals surface area contributed by atoms with Gasteiger partial charge in [0.1, 0.15) is 17.6 Å². The Bertz CT molecular complexity index is 1290. The standard InChI is InChI=1S/C26H22FN3O4/c1-15-11-13-16(14-12-15)24(31)30-23-21(22(28-30)17-7-3-4-8-18(17)27)25(32)29(26(23)33)19-9-5-6-10-20(19)34-2/h3-14,21-23,28H,1-2H3/t21-,22-,23-/m1/s1. The summed E-state index contributed by atoms with van der Waals surface area (Å²) in [6.45, 7) is 1.90. The van der Waals surface area contributed by atoms with Crippen LogP contribution in [0.15, 0.2) is 72.8 Å². The summed E-state index contributed by atoms with van der Waals surface area (Å²) >= 11 is 0. The van der Waals surface area contributed by atoms with Crippen molar-refractivity contribution in [3.8, 4) is 5.75 Å². The minimum absolute atomic E-state index is 0.208. The Morgan fingerprint density at radius 1 is 0.941 bits per heavy atom. The summed E-state index contributed by atoms with van der Waals surface area (Å²) in [5, 5.41) is 1.17. The fourth-order valence-electron chi connectivity index (χ4n) is 4.65. The molecule has 34 heavy (non-hydrogen) atoms. The fraction of sp³-hybridized carbons (Fsp3) is 0.192. The monoisotopic (exact) mass is 459 g/mol. The molecule has 0 aromatic heterocycles. The number of rotatable bonds is 4. The molecule has 3 aromatic rings. The van der Waals surface area contributed by atoms with Gasteiger partial charge in [-0.1, -0.05) is 48.0 Å². The summed E-state index contributed by atoms with van der Waals surface area (Å²) < 4.78 is 20.1. The average Bonchev–Trinajstić information content (AvgIpc) is 3.36. The third-order valence-electron chi connectivity index (χ3n) is 6.32. The molecule has 5 rings (SSSR count). The smallest absolute Gasteiger partial charge is 0.268 e. The molecule has 8 heteroatoms. The first-order valence-corrected chi connectivity index (χ1v) is 10.8. The summed E-state index contributed by atoms with van der Waals surface area (Å²) in [6, 6.07) is 17.5. The summed E-state index contributed by atoms with van der Waals surface area (Å²) in [6.07, 6.45) is 0. The van der Waals surface area contributed by atoms with Crippen molar-refractivity contribution in [3.63, 3.8) is 0 Å². The number of para-hydroxylation sites is 2. The summed E-state index contributed by atoms with van der Waals surface area (Å²) in [7, 11) is 1.45. The average molecular weight is 459 g/mol. The molecule has 0 aliphatic carbocycles. The molecule has 1 N–H and O–H groups in total. The molecule has 172 valence electrons. The van der Waals surface area contributed by atoms with Crippen LogP contribution in [0.4, 0.5) is 10.1 Å². The Balaban J connectivity index is 1.61. The van der Waals surface area contributed by atoms with Crippen molar-refractivity contribution in [2.45, 2.75) is 19.0 Å². The molecule has 2 aliphatic rings. The minimum Gasteiger partial charge on any atom is -0.495 e. The van der Waals surface area contributed by atoms with E-state index < -0.39 is 41.5 Å². The molecule has 2 fully saturated rings. The van der Waals surface area contributed by atoms with Gasteiger partial charge in [-0.15, -0.1) is 0 Å². The number of ether oxygens (including phenoxy) is 1. The molecule has 2 heterocycles. The van der Waals surface area contributed by atoms with Crippen molar-refractivity contribution in [1.82, 2.24) is 10.4 Å². The van der Waals surface area contributed by atoms with E-state index >= 15 is 0 Å². The minimum atomic E-state index is -1.14. The Labute approximate surface area is 195 Å². The number of benzene rings is 3. The summed E-state index contributed by atoms with van der Waals surface area (Å²) in [5.74, 6) is -2.78. The Kier molecular flexibility index (Phi) is 5.37. The van der Waals surface area contributed by atoms with Gasteiger partial charge in [-0.2, -0.15) is 0 Å². The SMILES string of the molecule is COc1ccccc1N1C(=O)[C@@H]2[C@@H](c3ccccc3F)NN(C(=O)c3ccc(C)cc3)[C@H]2C1=O. The van der Waals surface area contributed by atoms with Gasteiger partial charge in [0.25, 0.3) is 11.8 Å². The molecule has 3 atom stereocenters. The molecule has 3 amide bonds. The van der Waals surface area contributed by atoms with Gasteiger partial charge in [0.2, 0.25) is 5.91 Å². The van der Waals surface area contributed by atoms with Crippen LogP contribution in [-0.2, 0) is 9.59 Å². The zero-order valence-corrected chi connectivity index (χ0v) is 18.6. The number of imide groups is 1. The zero-order chi connectivity index (χ0) is 24.0. The molecule has 2 saturated heterocycles. The number of carbonyl (C=O) groups excluding carboxylic acids is 3. The van der Waals surface area contributed by atoms with Crippen LogP contribution in [0.2, 0.25) is 0 Å². The first-order valence-electron chi connectivity index (χ1n) is 10.8. The van der Waals surface area contributed by atoms with E-state index in [4.69, 9.17) is 4.74 Å². The first kappa shape index (κ1) is 21.8. The maximum absolute atomic E-state index is 14.8. The lowest BCUT2D eigenvalue weighted by Crippen LogP contribution is -2.48. The molecule has 3 aromatic carbocycles. The number of hydrazine groups is 1. The highest BCUT2D eigenvalue weighted by molar-refractivity contribution is 6.25. The maximum atomic E-state index is 14.8. The number of nitrogens with one attached hydrogen (secondary N) is 1. The number of aryl methyl sites for hydroxylation is 1. The van der Waals surface area contributed by atoms with Crippen molar-refractivity contribution in [2.75, 3.05) is 12.0 Å². The second-order valence-electron chi connectivity index (χ2n) is 8.32. The van der Waals surface area contributed by atoms with Gasteiger partial charge >= 0.3 is 0 Å². The maximum Gasteiger partial charge on any atom is 0.268 e. The number of carbonyl (C=O) groups is 3. The first-order chi connectivity index (χ1) is 16.4. The quantitative estimate of drug-likeness (QED) is 0.605. The topological polar surface area (TPSA) is 79.0 Å². The normalized spacial score (nSPS) is 21.7. The van der Waals surface area contributed by atoms with E-state index in [0.29, 0.717) is 11.3 Å². The van der Waals surface area contributed by atoms with Crippen molar-refractivity contribution in [2.24, 2.45) is 5.92 Å². The molecule has 7 nitrogen and oxygen atoms in total. The van der Waals surface area contributed by atoms with Crippen LogP contribution >= 0.6 is 0 Å². The van der Waals surface area contributed by atoms with E-state index in [1.807, 2.05) is 6.92 Å². The lowest BCUT2D eigenvalue weighted by atomic mass is 9.90. The van der Waals surface area contributed by atoms with E-state index in [1.54, 1.807) is 66.7 Å². The molecular formula is C26H22FN3O4. The number of anilines is 1. The molecule has 0 saturated carbocycles. The lowest BCUT2D eigenvalue weighted by Gasteiger charge is -2.26. The largest absolute Gasteiger partial charge is 0.495 e. The highest BCUT2D eigenvalue weighted by Crippen LogP contribution is 2.44. The number of hydrogen-bond acceptors (Lipinski definition) is 5. The lowest BCUT2D eigenvalue weighted by molar-refractivity contribution is -0.123. The van der Waals surface area contributed by atoms with Crippen molar-refractivity contribution >= 4 is 23.4 Å². The van der Waals surface area contributed by atoms with Crippen molar-refractivity contribution in [3.05, 3.63) is 95.3 Å². The van der Waals surface area contributed by atoms with Crippen LogP contribution in [0.5, 0.6) is 5.75 Å². The zero-order valence-electron chi connectivity index (χ0n) is 18.6. The molecule has 0 unspecified atom stereocenters.